The number of carbonyl (C=O) groups is 2. The highest BCUT2D eigenvalue weighted by Crippen LogP contribution is 2.26. The summed E-state index contributed by atoms with van der Waals surface area (Å²) < 4.78 is 0. The molecule has 7 heteroatoms. The van der Waals surface area contributed by atoms with Gasteiger partial charge in [0.15, 0.2) is 0 Å². The van der Waals surface area contributed by atoms with Gasteiger partial charge < -0.3 is 15.3 Å². The molecule has 2 heterocycles. The van der Waals surface area contributed by atoms with Crippen molar-refractivity contribution in [3.63, 3.8) is 0 Å². The van der Waals surface area contributed by atoms with E-state index in [9.17, 15) is 14.7 Å². The number of carbonyl (C=O) groups excluding carboxylic acids is 1. The Morgan fingerprint density at radius 3 is 2.90 bits per heavy atom. The van der Waals surface area contributed by atoms with E-state index >= 15 is 0 Å². The molecular weight excluding hydrogens is 308 g/mol. The van der Waals surface area contributed by atoms with Crippen LogP contribution in [0.1, 0.15) is 18.7 Å². The minimum Gasteiger partial charge on any atom is -0.480 e. The van der Waals surface area contributed by atoms with Gasteiger partial charge in [-0.05, 0) is 11.4 Å². The van der Waals surface area contributed by atoms with E-state index in [0.29, 0.717) is 18.8 Å². The first-order chi connectivity index (χ1) is 9.92. The second-order valence-electron chi connectivity index (χ2n) is 5.64. The SMILES string of the molecule is CC(C)(CNC(=O)N1CCSCC1C(=O)O)c1cccs1. The van der Waals surface area contributed by atoms with Gasteiger partial charge in [0.25, 0.3) is 0 Å². The number of aliphatic carboxylic acids is 1. The number of amides is 2. The number of urea groups is 1. The Morgan fingerprint density at radius 2 is 2.29 bits per heavy atom. The molecule has 116 valence electrons. The molecule has 0 bridgehead atoms. The number of hydrogen-bond acceptors (Lipinski definition) is 4. The van der Waals surface area contributed by atoms with Crippen LogP contribution in [0.4, 0.5) is 4.79 Å². The predicted molar refractivity (Wildman–Crippen MR) is 86.2 cm³/mol. The molecule has 0 radical (unpaired) electrons. The van der Waals surface area contributed by atoms with Crippen molar-refractivity contribution in [2.75, 3.05) is 24.6 Å². The van der Waals surface area contributed by atoms with Crippen LogP contribution in [-0.4, -0.2) is 52.6 Å². The molecule has 1 fully saturated rings. The largest absolute Gasteiger partial charge is 0.480 e. The van der Waals surface area contributed by atoms with Crippen molar-refractivity contribution >= 4 is 35.1 Å². The summed E-state index contributed by atoms with van der Waals surface area (Å²) in [5.41, 5.74) is -0.160. The first-order valence-electron chi connectivity index (χ1n) is 6.81. The number of hydrogen-bond donors (Lipinski definition) is 2. The molecule has 2 rings (SSSR count). The van der Waals surface area contributed by atoms with E-state index in [4.69, 9.17) is 0 Å². The molecule has 0 aliphatic carbocycles. The Labute approximate surface area is 132 Å². The Bertz CT molecular complexity index is 502. The summed E-state index contributed by atoms with van der Waals surface area (Å²) in [4.78, 5) is 26.1. The molecule has 1 aromatic heterocycles. The number of thioether (sulfide) groups is 1. The van der Waals surface area contributed by atoms with Gasteiger partial charge in [-0.1, -0.05) is 19.9 Å². The first kappa shape index (κ1) is 16.2. The molecular formula is C14H20N2O3S2. The zero-order valence-corrected chi connectivity index (χ0v) is 13.8. The Kier molecular flexibility index (Phi) is 5.16. The fraction of sp³-hybridized carbons (Fsp3) is 0.571. The normalized spacial score (nSPS) is 19.3. The average Bonchev–Trinajstić information content (AvgIpc) is 3.00. The molecule has 2 amide bonds. The fourth-order valence-corrected chi connectivity index (χ4v) is 4.09. The van der Waals surface area contributed by atoms with E-state index in [1.54, 1.807) is 23.1 Å². The van der Waals surface area contributed by atoms with Gasteiger partial charge in [0.2, 0.25) is 0 Å². The third kappa shape index (κ3) is 3.91. The quantitative estimate of drug-likeness (QED) is 0.889. The number of rotatable bonds is 4. The van der Waals surface area contributed by atoms with Crippen molar-refractivity contribution in [3.05, 3.63) is 22.4 Å². The van der Waals surface area contributed by atoms with E-state index in [0.717, 1.165) is 5.75 Å². The summed E-state index contributed by atoms with van der Waals surface area (Å²) in [6, 6.07) is 3.03. The summed E-state index contributed by atoms with van der Waals surface area (Å²) in [5, 5.41) is 14.1. The lowest BCUT2D eigenvalue weighted by Gasteiger charge is -2.34. The van der Waals surface area contributed by atoms with Crippen LogP contribution in [0, 0.1) is 0 Å². The van der Waals surface area contributed by atoms with Crippen LogP contribution in [0.3, 0.4) is 0 Å². The number of thiophene rings is 1. The summed E-state index contributed by atoms with van der Waals surface area (Å²) in [5.74, 6) is 0.303. The molecule has 21 heavy (non-hydrogen) atoms. The highest BCUT2D eigenvalue weighted by atomic mass is 32.2. The second kappa shape index (κ2) is 6.70. The highest BCUT2D eigenvalue weighted by Gasteiger charge is 2.33. The van der Waals surface area contributed by atoms with Gasteiger partial charge in [0, 0.05) is 34.9 Å². The zero-order chi connectivity index (χ0) is 15.5. The summed E-state index contributed by atoms with van der Waals surface area (Å²) in [6.45, 7) is 5.11. The van der Waals surface area contributed by atoms with Gasteiger partial charge >= 0.3 is 12.0 Å². The van der Waals surface area contributed by atoms with Crippen molar-refractivity contribution in [1.82, 2.24) is 10.2 Å². The van der Waals surface area contributed by atoms with Gasteiger partial charge in [-0.25, -0.2) is 9.59 Å². The Balaban J connectivity index is 1.96. The summed E-state index contributed by atoms with van der Waals surface area (Å²) in [6.07, 6.45) is 0. The van der Waals surface area contributed by atoms with Crippen molar-refractivity contribution in [1.29, 1.82) is 0 Å². The lowest BCUT2D eigenvalue weighted by atomic mass is 9.91. The molecule has 1 atom stereocenters. The number of carboxylic acid groups (broad SMARTS) is 1. The van der Waals surface area contributed by atoms with Crippen LogP contribution in [0.5, 0.6) is 0 Å². The summed E-state index contributed by atoms with van der Waals surface area (Å²) >= 11 is 3.23. The van der Waals surface area contributed by atoms with Crippen LogP contribution in [-0.2, 0) is 10.2 Å². The maximum Gasteiger partial charge on any atom is 0.327 e. The van der Waals surface area contributed by atoms with E-state index in [1.807, 2.05) is 11.4 Å². The highest BCUT2D eigenvalue weighted by molar-refractivity contribution is 7.99. The minimum atomic E-state index is -0.935. The third-order valence-corrected chi connectivity index (χ3v) is 5.80. The average molecular weight is 328 g/mol. The van der Waals surface area contributed by atoms with Gasteiger partial charge in [-0.15, -0.1) is 11.3 Å². The summed E-state index contributed by atoms with van der Waals surface area (Å²) in [7, 11) is 0. The Hall–Kier alpha value is -1.21. The monoisotopic (exact) mass is 328 g/mol. The molecule has 1 saturated heterocycles. The Morgan fingerprint density at radius 1 is 1.52 bits per heavy atom. The molecule has 1 aliphatic heterocycles. The maximum atomic E-state index is 12.3. The second-order valence-corrected chi connectivity index (χ2v) is 7.74. The van der Waals surface area contributed by atoms with Crippen LogP contribution in [0.15, 0.2) is 17.5 Å². The standard InChI is InChI=1S/C14H20N2O3S2/c1-14(2,11-4-3-6-21-11)9-15-13(19)16-5-7-20-8-10(16)12(17)18/h3-4,6,10H,5,7-9H2,1-2H3,(H,15,19)(H,17,18). The number of nitrogens with zero attached hydrogens (tertiary/aromatic N) is 1. The van der Waals surface area contributed by atoms with Gasteiger partial charge in [-0.2, -0.15) is 11.8 Å². The number of nitrogens with one attached hydrogen (secondary N) is 1. The van der Waals surface area contributed by atoms with E-state index < -0.39 is 12.0 Å². The minimum absolute atomic E-state index is 0.160. The number of carboxylic acids is 1. The van der Waals surface area contributed by atoms with Crippen molar-refractivity contribution in [2.45, 2.75) is 25.3 Å². The molecule has 1 aliphatic rings. The van der Waals surface area contributed by atoms with Crippen LogP contribution >= 0.6 is 23.1 Å². The molecule has 0 aromatic carbocycles. The van der Waals surface area contributed by atoms with Crippen LogP contribution in [0.25, 0.3) is 0 Å². The van der Waals surface area contributed by atoms with E-state index in [1.165, 1.54) is 9.78 Å². The van der Waals surface area contributed by atoms with E-state index in [2.05, 4.69) is 25.2 Å². The predicted octanol–water partition coefficient (Wildman–Crippen LogP) is 2.24. The van der Waals surface area contributed by atoms with Crippen molar-refractivity contribution in [3.8, 4) is 0 Å². The van der Waals surface area contributed by atoms with Crippen molar-refractivity contribution in [2.24, 2.45) is 0 Å². The molecule has 5 nitrogen and oxygen atoms in total. The van der Waals surface area contributed by atoms with Crippen LogP contribution in [0.2, 0.25) is 0 Å². The molecule has 1 unspecified atom stereocenters. The maximum absolute atomic E-state index is 12.3. The van der Waals surface area contributed by atoms with Gasteiger partial charge in [-0.3, -0.25) is 0 Å². The van der Waals surface area contributed by atoms with Crippen molar-refractivity contribution < 1.29 is 14.7 Å². The lowest BCUT2D eigenvalue weighted by Crippen LogP contribution is -2.55. The molecule has 2 N–H and O–H groups in total. The first-order valence-corrected chi connectivity index (χ1v) is 8.84. The van der Waals surface area contributed by atoms with Gasteiger partial charge in [0.05, 0.1) is 0 Å². The smallest absolute Gasteiger partial charge is 0.327 e. The van der Waals surface area contributed by atoms with Crippen LogP contribution < -0.4 is 5.32 Å². The topological polar surface area (TPSA) is 69.6 Å². The zero-order valence-electron chi connectivity index (χ0n) is 12.2. The molecule has 0 spiro atoms. The fourth-order valence-electron chi connectivity index (χ4n) is 2.20. The van der Waals surface area contributed by atoms with Gasteiger partial charge in [0.1, 0.15) is 6.04 Å². The molecule has 0 saturated carbocycles. The van der Waals surface area contributed by atoms with E-state index in [-0.39, 0.29) is 11.4 Å². The molecule has 1 aromatic rings. The third-order valence-electron chi connectivity index (χ3n) is 3.54. The lowest BCUT2D eigenvalue weighted by molar-refractivity contribution is -0.141.